The minimum Gasteiger partial charge on any atom is -0.393 e. The van der Waals surface area contributed by atoms with Gasteiger partial charge in [-0.05, 0) is 79.1 Å². The van der Waals surface area contributed by atoms with Crippen LogP contribution in [0.25, 0.3) is 0 Å². The van der Waals surface area contributed by atoms with Crippen LogP contribution in [0.15, 0.2) is 11.6 Å². The van der Waals surface area contributed by atoms with Gasteiger partial charge in [-0.25, -0.2) is 0 Å². The number of aliphatic hydroxyl groups is 1. The number of fused-ring (bicyclic) bond motifs is 5. The summed E-state index contributed by atoms with van der Waals surface area (Å²) < 4.78 is 0. The first kappa shape index (κ1) is 18.6. The number of carbonyl (C=O) groups excluding carboxylic acids is 1. The summed E-state index contributed by atoms with van der Waals surface area (Å²) in [7, 11) is 0. The molecule has 3 saturated carbocycles. The normalized spacial score (nSPS) is 48.1. The molecule has 4 aliphatic rings. The van der Waals surface area contributed by atoms with Crippen molar-refractivity contribution in [2.45, 2.75) is 78.7 Å². The van der Waals surface area contributed by atoms with Crippen molar-refractivity contribution in [2.75, 3.05) is 0 Å². The molecule has 0 heterocycles. The lowest BCUT2D eigenvalue weighted by Crippen LogP contribution is -2.52. The number of hydrogen-bond acceptors (Lipinski definition) is 3. The smallest absolute Gasteiger partial charge is 0.155 e. The summed E-state index contributed by atoms with van der Waals surface area (Å²) in [4.78, 5) is 11.8. The zero-order chi connectivity index (χ0) is 18.4. The standard InChI is InChI=1S/C20H30O2.C2H3N/c1-12-10-17(22)20(3)9-7-16-15(18(12)20)5-4-13-11-14(21)6-8-19(13,16)2;1-2-3/h11-12,15-18,22H,4-10H2,1-3H3;1H3/t12?,15-,16+,17+,18+,19+,20-;/m1./s1. The maximum absolute atomic E-state index is 11.8. The molecule has 0 bridgehead atoms. The van der Waals surface area contributed by atoms with Crippen LogP contribution in [-0.4, -0.2) is 17.0 Å². The van der Waals surface area contributed by atoms with Gasteiger partial charge in [0, 0.05) is 13.3 Å². The predicted molar refractivity (Wildman–Crippen MR) is 98.6 cm³/mol. The third kappa shape index (κ3) is 2.78. The Hall–Kier alpha value is -1.14. The molecule has 7 atom stereocenters. The van der Waals surface area contributed by atoms with Gasteiger partial charge >= 0.3 is 0 Å². The summed E-state index contributed by atoms with van der Waals surface area (Å²) in [5, 5.41) is 17.9. The van der Waals surface area contributed by atoms with E-state index in [1.165, 1.54) is 31.8 Å². The van der Waals surface area contributed by atoms with Crippen molar-refractivity contribution >= 4 is 5.78 Å². The van der Waals surface area contributed by atoms with Crippen LogP contribution in [0.1, 0.15) is 72.6 Å². The second-order valence-electron chi connectivity index (χ2n) is 9.39. The van der Waals surface area contributed by atoms with E-state index < -0.39 is 0 Å². The maximum Gasteiger partial charge on any atom is 0.155 e. The average molecular weight is 344 g/mol. The van der Waals surface area contributed by atoms with Gasteiger partial charge in [-0.2, -0.15) is 5.26 Å². The number of hydrogen-bond donors (Lipinski definition) is 1. The fourth-order valence-corrected chi connectivity index (χ4v) is 7.07. The minimum atomic E-state index is -0.105. The van der Waals surface area contributed by atoms with Crippen LogP contribution >= 0.6 is 0 Å². The Kier molecular flexibility index (Phi) is 4.88. The van der Waals surface area contributed by atoms with Gasteiger partial charge in [0.2, 0.25) is 0 Å². The predicted octanol–water partition coefficient (Wildman–Crippen LogP) is 4.66. The Morgan fingerprint density at radius 3 is 2.60 bits per heavy atom. The van der Waals surface area contributed by atoms with E-state index >= 15 is 0 Å². The molecule has 3 heteroatoms. The van der Waals surface area contributed by atoms with Crippen molar-refractivity contribution in [2.24, 2.45) is 34.5 Å². The van der Waals surface area contributed by atoms with Gasteiger partial charge in [0.15, 0.2) is 5.78 Å². The lowest BCUT2D eigenvalue weighted by Gasteiger charge is -2.58. The number of nitrogens with zero attached hydrogens (tertiary/aromatic N) is 1. The van der Waals surface area contributed by atoms with E-state index in [0.717, 1.165) is 37.5 Å². The van der Waals surface area contributed by atoms with Gasteiger partial charge < -0.3 is 5.11 Å². The first-order valence-corrected chi connectivity index (χ1v) is 10.0. The Balaban J connectivity index is 0.000000569. The highest BCUT2D eigenvalue weighted by Crippen LogP contribution is 2.66. The lowest BCUT2D eigenvalue weighted by atomic mass is 9.46. The molecule has 138 valence electrons. The molecule has 0 aliphatic heterocycles. The van der Waals surface area contributed by atoms with Crippen LogP contribution < -0.4 is 0 Å². The average Bonchev–Trinajstić information content (AvgIpc) is 2.78. The van der Waals surface area contributed by atoms with Crippen LogP contribution in [0.2, 0.25) is 0 Å². The molecule has 1 unspecified atom stereocenters. The van der Waals surface area contributed by atoms with E-state index in [4.69, 9.17) is 5.26 Å². The Morgan fingerprint density at radius 1 is 1.24 bits per heavy atom. The van der Waals surface area contributed by atoms with E-state index in [1.54, 1.807) is 6.07 Å². The number of nitriles is 1. The molecule has 0 amide bonds. The first-order chi connectivity index (χ1) is 11.8. The number of rotatable bonds is 0. The second kappa shape index (κ2) is 6.54. The van der Waals surface area contributed by atoms with E-state index in [0.29, 0.717) is 17.6 Å². The second-order valence-corrected chi connectivity index (χ2v) is 9.39. The van der Waals surface area contributed by atoms with Crippen molar-refractivity contribution < 1.29 is 9.90 Å². The van der Waals surface area contributed by atoms with Crippen LogP contribution in [0.4, 0.5) is 0 Å². The molecule has 4 aliphatic carbocycles. The highest BCUT2D eigenvalue weighted by Gasteiger charge is 2.60. The van der Waals surface area contributed by atoms with E-state index in [-0.39, 0.29) is 16.9 Å². The molecule has 0 spiro atoms. The summed E-state index contributed by atoms with van der Waals surface area (Å²) in [5.41, 5.74) is 1.84. The monoisotopic (exact) mass is 343 g/mol. The van der Waals surface area contributed by atoms with Gasteiger partial charge in [0.25, 0.3) is 0 Å². The zero-order valence-corrected chi connectivity index (χ0v) is 16.2. The highest BCUT2D eigenvalue weighted by atomic mass is 16.3. The number of ketones is 1. The molecule has 0 aromatic rings. The van der Waals surface area contributed by atoms with Crippen molar-refractivity contribution in [3.05, 3.63) is 11.6 Å². The molecule has 0 aromatic heterocycles. The van der Waals surface area contributed by atoms with Crippen LogP contribution in [0.5, 0.6) is 0 Å². The zero-order valence-electron chi connectivity index (χ0n) is 16.2. The third-order valence-electron chi connectivity index (χ3n) is 8.23. The van der Waals surface area contributed by atoms with Crippen LogP contribution in [0.3, 0.4) is 0 Å². The van der Waals surface area contributed by atoms with Gasteiger partial charge in [-0.1, -0.05) is 26.3 Å². The molecule has 4 rings (SSSR count). The molecule has 1 N–H and O–H groups in total. The number of carbonyl (C=O) groups is 1. The fourth-order valence-electron chi connectivity index (χ4n) is 7.07. The van der Waals surface area contributed by atoms with Crippen molar-refractivity contribution in [3.8, 4) is 6.07 Å². The Bertz CT molecular complexity index is 618. The number of aliphatic hydroxyl groups excluding tert-OH is 1. The molecule has 0 radical (unpaired) electrons. The van der Waals surface area contributed by atoms with E-state index in [9.17, 15) is 9.90 Å². The quantitative estimate of drug-likeness (QED) is 0.696. The first-order valence-electron chi connectivity index (χ1n) is 10.0. The van der Waals surface area contributed by atoms with Crippen molar-refractivity contribution in [3.63, 3.8) is 0 Å². The number of allylic oxidation sites excluding steroid dienone is 1. The summed E-state index contributed by atoms with van der Waals surface area (Å²) in [6, 6.07) is 1.75. The van der Waals surface area contributed by atoms with Crippen molar-refractivity contribution in [1.29, 1.82) is 5.26 Å². The topological polar surface area (TPSA) is 61.1 Å². The summed E-state index contributed by atoms with van der Waals surface area (Å²) in [5.74, 6) is 3.15. The molecule has 0 aromatic carbocycles. The maximum atomic E-state index is 11.8. The largest absolute Gasteiger partial charge is 0.393 e. The molecule has 3 nitrogen and oxygen atoms in total. The van der Waals surface area contributed by atoms with Gasteiger partial charge in [0.05, 0.1) is 12.2 Å². The molecular weight excluding hydrogens is 310 g/mol. The molecular formula is C22H33NO2. The SMILES string of the molecule is CC#N.CC1C[C@H](O)[C@@]2(C)CC[C@H]3[C@@H](CCC4=CC(=O)CC[C@@]43C)[C@H]12. The highest BCUT2D eigenvalue weighted by molar-refractivity contribution is 5.91. The third-order valence-corrected chi connectivity index (χ3v) is 8.23. The van der Waals surface area contributed by atoms with Gasteiger partial charge in [-0.3, -0.25) is 4.79 Å². The fraction of sp³-hybridized carbons (Fsp3) is 0.818. The Labute approximate surface area is 152 Å². The van der Waals surface area contributed by atoms with E-state index in [1.807, 2.05) is 6.08 Å². The summed E-state index contributed by atoms with van der Waals surface area (Å²) >= 11 is 0. The Morgan fingerprint density at radius 2 is 1.92 bits per heavy atom. The molecule has 3 fully saturated rings. The van der Waals surface area contributed by atoms with Crippen LogP contribution in [0, 0.1) is 45.8 Å². The lowest BCUT2D eigenvalue weighted by molar-refractivity contribution is -0.118. The minimum absolute atomic E-state index is 0.105. The van der Waals surface area contributed by atoms with Crippen molar-refractivity contribution in [1.82, 2.24) is 0 Å². The van der Waals surface area contributed by atoms with Gasteiger partial charge in [-0.15, -0.1) is 0 Å². The summed E-state index contributed by atoms with van der Waals surface area (Å²) in [6.45, 7) is 8.57. The van der Waals surface area contributed by atoms with E-state index in [2.05, 4.69) is 20.8 Å². The molecule has 0 saturated heterocycles. The molecule has 25 heavy (non-hydrogen) atoms. The summed E-state index contributed by atoms with van der Waals surface area (Å²) in [6.07, 6.45) is 9.41. The van der Waals surface area contributed by atoms with Gasteiger partial charge in [0.1, 0.15) is 0 Å². The van der Waals surface area contributed by atoms with Crippen LogP contribution in [-0.2, 0) is 4.79 Å².